The Morgan fingerprint density at radius 1 is 1.44 bits per heavy atom. The van der Waals surface area contributed by atoms with Gasteiger partial charge in [-0.1, -0.05) is 5.16 Å². The molecule has 0 aliphatic heterocycles. The van der Waals surface area contributed by atoms with Crippen molar-refractivity contribution in [1.29, 1.82) is 0 Å². The van der Waals surface area contributed by atoms with Crippen LogP contribution in [0.2, 0.25) is 0 Å². The third-order valence-corrected chi connectivity index (χ3v) is 2.65. The first-order valence-corrected chi connectivity index (χ1v) is 5.08. The summed E-state index contributed by atoms with van der Waals surface area (Å²) in [5.41, 5.74) is 6.97. The zero-order valence-corrected chi connectivity index (χ0v) is 9.07. The van der Waals surface area contributed by atoms with Gasteiger partial charge in [-0.15, -0.1) is 0 Å². The van der Waals surface area contributed by atoms with Gasteiger partial charge in [-0.3, -0.25) is 0 Å². The van der Waals surface area contributed by atoms with Gasteiger partial charge < -0.3 is 19.8 Å². The smallest absolute Gasteiger partial charge is 0.343 e. The molecular weight excluding hydrogens is 236 g/mol. The van der Waals surface area contributed by atoms with Crippen molar-refractivity contribution in [2.45, 2.75) is 0 Å². The van der Waals surface area contributed by atoms with Gasteiger partial charge >= 0.3 is 5.97 Å². The second-order valence-corrected chi connectivity index (χ2v) is 3.68. The van der Waals surface area contributed by atoms with Crippen molar-refractivity contribution in [3.63, 3.8) is 0 Å². The molecule has 7 nitrogen and oxygen atoms in total. The minimum absolute atomic E-state index is 0.125. The normalized spacial score (nSPS) is 10.9. The Morgan fingerprint density at radius 2 is 2.28 bits per heavy atom. The number of aromatic carboxylic acids is 1. The predicted octanol–water partition coefficient (Wildman–Crippen LogP) is 1.27. The number of fused-ring (bicyclic) bond motifs is 1. The zero-order valence-electron chi connectivity index (χ0n) is 9.07. The maximum Gasteiger partial charge on any atom is 0.343 e. The topological polar surface area (TPSA) is 107 Å². The molecule has 3 N–H and O–H groups in total. The van der Waals surface area contributed by atoms with Crippen molar-refractivity contribution >= 4 is 17.4 Å². The number of carboxylic acids is 1. The molecule has 0 aliphatic carbocycles. The molecule has 0 saturated carbocycles. The van der Waals surface area contributed by atoms with Crippen LogP contribution in [0, 0.1) is 0 Å². The van der Waals surface area contributed by atoms with Crippen molar-refractivity contribution in [3.8, 4) is 11.3 Å². The summed E-state index contributed by atoms with van der Waals surface area (Å²) in [6, 6.07) is 3.49. The molecule has 0 saturated heterocycles. The Labute approximate surface area is 100 Å². The lowest BCUT2D eigenvalue weighted by Gasteiger charge is -1.97. The lowest BCUT2D eigenvalue weighted by molar-refractivity contribution is 0.0698. The Bertz CT molecular complexity index is 744. The highest BCUT2D eigenvalue weighted by Gasteiger charge is 2.23. The second-order valence-electron chi connectivity index (χ2n) is 3.68. The zero-order chi connectivity index (χ0) is 12.7. The summed E-state index contributed by atoms with van der Waals surface area (Å²) in [6.45, 7) is 0. The molecular formula is C11H8N4O3. The highest BCUT2D eigenvalue weighted by Crippen LogP contribution is 2.30. The SMILES string of the molecule is Nc1onc(-c2ccn3cnccc23)c1C(=O)O. The van der Waals surface area contributed by atoms with E-state index in [-0.39, 0.29) is 17.1 Å². The lowest BCUT2D eigenvalue weighted by Crippen LogP contribution is -2.01. The molecule has 7 heteroatoms. The van der Waals surface area contributed by atoms with E-state index in [9.17, 15) is 4.79 Å². The average molecular weight is 244 g/mol. The van der Waals surface area contributed by atoms with Crippen LogP contribution in [0.15, 0.2) is 35.4 Å². The summed E-state index contributed by atoms with van der Waals surface area (Å²) in [4.78, 5) is 15.1. The van der Waals surface area contributed by atoms with Crippen LogP contribution in [0.3, 0.4) is 0 Å². The minimum Gasteiger partial charge on any atom is -0.477 e. The fraction of sp³-hybridized carbons (Fsp3) is 0. The average Bonchev–Trinajstić information content (AvgIpc) is 2.92. The Morgan fingerprint density at radius 3 is 3.06 bits per heavy atom. The Hall–Kier alpha value is -2.83. The van der Waals surface area contributed by atoms with E-state index >= 15 is 0 Å². The van der Waals surface area contributed by atoms with Gasteiger partial charge in [0.05, 0.1) is 11.8 Å². The fourth-order valence-electron chi connectivity index (χ4n) is 1.85. The van der Waals surface area contributed by atoms with Gasteiger partial charge in [-0.2, -0.15) is 0 Å². The molecule has 0 bridgehead atoms. The number of hydrogen-bond acceptors (Lipinski definition) is 5. The van der Waals surface area contributed by atoms with Crippen molar-refractivity contribution < 1.29 is 14.4 Å². The lowest BCUT2D eigenvalue weighted by atomic mass is 10.1. The van der Waals surface area contributed by atoms with Crippen LogP contribution < -0.4 is 5.73 Å². The van der Waals surface area contributed by atoms with E-state index in [2.05, 4.69) is 10.1 Å². The van der Waals surface area contributed by atoms with E-state index in [4.69, 9.17) is 15.4 Å². The number of aromatic nitrogens is 3. The summed E-state index contributed by atoms with van der Waals surface area (Å²) < 4.78 is 6.51. The molecule has 0 spiro atoms. The van der Waals surface area contributed by atoms with Crippen LogP contribution >= 0.6 is 0 Å². The molecule has 0 amide bonds. The van der Waals surface area contributed by atoms with Gasteiger partial charge in [-0.05, 0) is 12.1 Å². The van der Waals surface area contributed by atoms with Gasteiger partial charge in [-0.25, -0.2) is 9.78 Å². The number of hydrogen-bond donors (Lipinski definition) is 2. The number of carboxylic acid groups (broad SMARTS) is 1. The van der Waals surface area contributed by atoms with Gasteiger partial charge in [0.15, 0.2) is 5.56 Å². The molecule has 3 rings (SSSR count). The first-order chi connectivity index (χ1) is 8.68. The molecule has 0 fully saturated rings. The number of nitrogen functional groups attached to an aromatic ring is 1. The van der Waals surface area contributed by atoms with Crippen molar-refractivity contribution in [3.05, 3.63) is 36.4 Å². The first-order valence-electron chi connectivity index (χ1n) is 5.08. The summed E-state index contributed by atoms with van der Waals surface area (Å²) in [5.74, 6) is -1.37. The molecule has 3 heterocycles. The van der Waals surface area contributed by atoms with Crippen molar-refractivity contribution in [1.82, 2.24) is 14.5 Å². The largest absolute Gasteiger partial charge is 0.477 e. The first kappa shape index (κ1) is 10.3. The fourth-order valence-corrected chi connectivity index (χ4v) is 1.85. The van der Waals surface area contributed by atoms with Crippen LogP contribution in [0.25, 0.3) is 16.8 Å². The quantitative estimate of drug-likeness (QED) is 0.703. The predicted molar refractivity (Wildman–Crippen MR) is 62.1 cm³/mol. The highest BCUT2D eigenvalue weighted by molar-refractivity contribution is 6.01. The van der Waals surface area contributed by atoms with Crippen LogP contribution in [-0.2, 0) is 0 Å². The van der Waals surface area contributed by atoms with Crippen molar-refractivity contribution in [2.75, 3.05) is 5.73 Å². The van der Waals surface area contributed by atoms with E-state index in [0.29, 0.717) is 5.56 Å². The maximum absolute atomic E-state index is 11.1. The van der Waals surface area contributed by atoms with E-state index in [1.165, 1.54) is 0 Å². The molecule has 0 atom stereocenters. The van der Waals surface area contributed by atoms with Crippen LogP contribution in [-0.4, -0.2) is 25.6 Å². The molecule has 0 aliphatic rings. The summed E-state index contributed by atoms with van der Waals surface area (Å²) >= 11 is 0. The van der Waals surface area contributed by atoms with E-state index in [1.807, 2.05) is 0 Å². The van der Waals surface area contributed by atoms with Crippen molar-refractivity contribution in [2.24, 2.45) is 0 Å². The molecule has 3 aromatic heterocycles. The van der Waals surface area contributed by atoms with Gasteiger partial charge in [0, 0.05) is 18.0 Å². The van der Waals surface area contributed by atoms with Crippen LogP contribution in [0.5, 0.6) is 0 Å². The molecule has 3 aromatic rings. The second kappa shape index (κ2) is 3.59. The number of nitrogens with zero attached hydrogens (tertiary/aromatic N) is 3. The molecule has 0 aromatic carbocycles. The third kappa shape index (κ3) is 1.34. The number of anilines is 1. The number of carbonyl (C=O) groups is 1. The molecule has 18 heavy (non-hydrogen) atoms. The third-order valence-electron chi connectivity index (χ3n) is 2.65. The van der Waals surface area contributed by atoms with E-state index < -0.39 is 5.97 Å². The van der Waals surface area contributed by atoms with Crippen LogP contribution in [0.1, 0.15) is 10.4 Å². The summed E-state index contributed by atoms with van der Waals surface area (Å²) in [6.07, 6.45) is 4.99. The highest BCUT2D eigenvalue weighted by atomic mass is 16.5. The molecule has 0 radical (unpaired) electrons. The molecule has 90 valence electrons. The Balaban J connectivity index is 2.30. The van der Waals surface area contributed by atoms with Gasteiger partial charge in [0.25, 0.3) is 0 Å². The minimum atomic E-state index is -1.17. The van der Waals surface area contributed by atoms with Gasteiger partial charge in [0.2, 0.25) is 5.88 Å². The monoisotopic (exact) mass is 244 g/mol. The van der Waals surface area contributed by atoms with E-state index in [1.54, 1.807) is 35.3 Å². The summed E-state index contributed by atoms with van der Waals surface area (Å²) in [7, 11) is 0. The van der Waals surface area contributed by atoms with E-state index in [0.717, 1.165) is 5.52 Å². The van der Waals surface area contributed by atoms with Gasteiger partial charge in [0.1, 0.15) is 5.69 Å². The standard InChI is InChI=1S/C11H8N4O3/c12-10-8(11(16)17)9(14-18-10)6-2-4-15-5-13-3-1-7(6)15/h1-5H,12H2,(H,16,17). The summed E-state index contributed by atoms with van der Waals surface area (Å²) in [5, 5.41) is 12.8. The number of rotatable bonds is 2. The Kier molecular flexibility index (Phi) is 2.06. The van der Waals surface area contributed by atoms with Crippen LogP contribution in [0.4, 0.5) is 5.88 Å². The number of nitrogens with two attached hydrogens (primary N) is 1. The maximum atomic E-state index is 11.1. The molecule has 0 unspecified atom stereocenters.